The molecule has 58 heavy (non-hydrogen) atoms. The molecule has 0 bridgehead atoms. The molecule has 0 aliphatic rings. The fourth-order valence-electron chi connectivity index (χ4n) is 8.36. The Hall–Kier alpha value is -7.68. The molecule has 2 heteroatoms. The number of fused-ring (bicyclic) bond motifs is 2. The van der Waals surface area contributed by atoms with Crippen LogP contribution in [0.25, 0.3) is 54.9 Å². The molecule has 0 spiro atoms. The fourth-order valence-corrected chi connectivity index (χ4v) is 8.36. The Labute approximate surface area is 340 Å². The minimum absolute atomic E-state index is 1.09. The molecule has 274 valence electrons. The largest absolute Gasteiger partial charge is 0.311 e. The molecule has 0 N–H and O–H groups in total. The third-order valence-corrected chi connectivity index (χ3v) is 11.0. The number of nitrogens with zero attached hydrogens (tertiary/aromatic N) is 2. The number of para-hydroxylation sites is 3. The Morgan fingerprint density at radius 3 is 0.741 bits per heavy atom. The number of hydrogen-bond donors (Lipinski definition) is 0. The molecule has 0 unspecified atom stereocenters. The highest BCUT2D eigenvalue weighted by Crippen LogP contribution is 2.45. The van der Waals surface area contributed by atoms with Gasteiger partial charge in [-0.15, -0.1) is 0 Å². The van der Waals surface area contributed by atoms with Gasteiger partial charge in [-0.05, 0) is 128 Å². The van der Waals surface area contributed by atoms with Crippen molar-refractivity contribution in [1.82, 2.24) is 0 Å². The molecule has 0 aromatic heterocycles. The molecule has 0 saturated heterocycles. The van der Waals surface area contributed by atoms with Gasteiger partial charge in [-0.2, -0.15) is 0 Å². The van der Waals surface area contributed by atoms with E-state index in [9.17, 15) is 0 Å². The molecule has 10 rings (SSSR count). The van der Waals surface area contributed by atoms with E-state index in [0.717, 1.165) is 34.1 Å². The van der Waals surface area contributed by atoms with Gasteiger partial charge in [0.15, 0.2) is 0 Å². The van der Waals surface area contributed by atoms with Crippen LogP contribution in [-0.4, -0.2) is 0 Å². The summed E-state index contributed by atoms with van der Waals surface area (Å²) >= 11 is 0. The number of rotatable bonds is 9. The number of hydrogen-bond acceptors (Lipinski definition) is 2. The summed E-state index contributed by atoms with van der Waals surface area (Å²) in [6.07, 6.45) is 0. The van der Waals surface area contributed by atoms with E-state index in [4.69, 9.17) is 0 Å². The molecule has 0 heterocycles. The van der Waals surface area contributed by atoms with Crippen LogP contribution >= 0.6 is 0 Å². The second-order valence-electron chi connectivity index (χ2n) is 14.5. The summed E-state index contributed by atoms with van der Waals surface area (Å²) < 4.78 is 0. The van der Waals surface area contributed by atoms with Crippen molar-refractivity contribution >= 4 is 55.7 Å². The van der Waals surface area contributed by atoms with E-state index in [1.165, 1.54) is 54.9 Å². The van der Waals surface area contributed by atoms with Crippen molar-refractivity contribution in [3.8, 4) is 33.4 Å². The monoisotopic (exact) mass is 740 g/mol. The molecule has 10 aromatic rings. The van der Waals surface area contributed by atoms with Gasteiger partial charge in [0.2, 0.25) is 0 Å². The average Bonchev–Trinajstić information content (AvgIpc) is 3.31. The summed E-state index contributed by atoms with van der Waals surface area (Å²) in [7, 11) is 0. The number of anilines is 6. The second kappa shape index (κ2) is 15.5. The van der Waals surface area contributed by atoms with Crippen LogP contribution in [0.1, 0.15) is 0 Å². The molecule has 0 amide bonds. The zero-order valence-electron chi connectivity index (χ0n) is 32.0. The predicted molar refractivity (Wildman–Crippen MR) is 247 cm³/mol. The van der Waals surface area contributed by atoms with Gasteiger partial charge >= 0.3 is 0 Å². The van der Waals surface area contributed by atoms with Gasteiger partial charge in [-0.25, -0.2) is 0 Å². The summed E-state index contributed by atoms with van der Waals surface area (Å²) in [4.78, 5) is 4.63. The third kappa shape index (κ3) is 6.57. The second-order valence-corrected chi connectivity index (χ2v) is 14.5. The first-order valence-electron chi connectivity index (χ1n) is 19.9. The van der Waals surface area contributed by atoms with E-state index in [-0.39, 0.29) is 0 Å². The topological polar surface area (TPSA) is 6.48 Å². The highest BCUT2D eigenvalue weighted by atomic mass is 15.2. The van der Waals surface area contributed by atoms with Crippen LogP contribution in [-0.2, 0) is 0 Å². The van der Waals surface area contributed by atoms with Crippen molar-refractivity contribution in [2.45, 2.75) is 0 Å². The summed E-state index contributed by atoms with van der Waals surface area (Å²) in [5.41, 5.74) is 14.0. The molecular weight excluding hydrogens is 701 g/mol. The molecule has 10 aromatic carbocycles. The smallest absolute Gasteiger partial charge is 0.0463 e. The van der Waals surface area contributed by atoms with E-state index in [1.807, 2.05) is 0 Å². The molecule has 0 radical (unpaired) electrons. The summed E-state index contributed by atoms with van der Waals surface area (Å²) in [5, 5.41) is 4.98. The van der Waals surface area contributed by atoms with Crippen molar-refractivity contribution < 1.29 is 0 Å². The summed E-state index contributed by atoms with van der Waals surface area (Å²) in [6.45, 7) is 0. The van der Waals surface area contributed by atoms with E-state index in [2.05, 4.69) is 252 Å². The Bertz CT molecular complexity index is 2850. The first-order chi connectivity index (χ1) is 28.8. The van der Waals surface area contributed by atoms with Crippen molar-refractivity contribution in [3.63, 3.8) is 0 Å². The zero-order chi connectivity index (χ0) is 38.7. The van der Waals surface area contributed by atoms with Gasteiger partial charge in [0.05, 0.1) is 0 Å². The van der Waals surface area contributed by atoms with Crippen molar-refractivity contribution in [3.05, 3.63) is 243 Å². The molecule has 0 fully saturated rings. The van der Waals surface area contributed by atoms with Crippen molar-refractivity contribution in [2.75, 3.05) is 9.80 Å². The van der Waals surface area contributed by atoms with E-state index < -0.39 is 0 Å². The summed E-state index contributed by atoms with van der Waals surface area (Å²) in [5.74, 6) is 0. The van der Waals surface area contributed by atoms with Crippen molar-refractivity contribution in [1.29, 1.82) is 0 Å². The lowest BCUT2D eigenvalue weighted by atomic mass is 9.85. The maximum Gasteiger partial charge on any atom is 0.0463 e. The van der Waals surface area contributed by atoms with Gasteiger partial charge in [-0.3, -0.25) is 0 Å². The SMILES string of the molecule is c1ccc(-c2ccc(-c3c4ccccc4c(-c4ccc(N(c5ccccc5)c5ccc(N(c6ccccc6)c6ccccc6)cc5)cc4)c4ccccc34)cc2)cc1. The molecule has 0 atom stereocenters. The van der Waals surface area contributed by atoms with Crippen LogP contribution in [0.5, 0.6) is 0 Å². The van der Waals surface area contributed by atoms with E-state index in [0.29, 0.717) is 0 Å². The summed E-state index contributed by atoms with van der Waals surface area (Å²) in [6, 6.07) is 87.1. The van der Waals surface area contributed by atoms with Crippen LogP contribution in [0.3, 0.4) is 0 Å². The van der Waals surface area contributed by atoms with Crippen LogP contribution in [0.2, 0.25) is 0 Å². The lowest BCUT2D eigenvalue weighted by molar-refractivity contribution is 1.26. The number of benzene rings is 10. The Balaban J connectivity index is 1.05. The zero-order valence-corrected chi connectivity index (χ0v) is 32.0. The molecule has 0 aliphatic heterocycles. The van der Waals surface area contributed by atoms with Crippen LogP contribution < -0.4 is 9.80 Å². The van der Waals surface area contributed by atoms with Gasteiger partial charge < -0.3 is 9.80 Å². The normalized spacial score (nSPS) is 11.1. The third-order valence-electron chi connectivity index (χ3n) is 11.0. The fraction of sp³-hybridized carbons (Fsp3) is 0. The average molecular weight is 741 g/mol. The standard InChI is InChI=1S/C56H40N2/c1-5-17-41(18-6-1)42-29-31-43(32-30-42)55-51-25-13-15-27-53(51)56(54-28-16-14-26-52(54)55)44-33-35-48(36-34-44)58(47-23-11-4-12-24-47)50-39-37-49(38-40-50)57(45-19-7-2-8-20-45)46-21-9-3-10-22-46/h1-40H. The van der Waals surface area contributed by atoms with Gasteiger partial charge in [0.25, 0.3) is 0 Å². The molecule has 0 saturated carbocycles. The van der Waals surface area contributed by atoms with Crippen molar-refractivity contribution in [2.24, 2.45) is 0 Å². The highest BCUT2D eigenvalue weighted by molar-refractivity contribution is 6.21. The molecular formula is C56H40N2. The van der Waals surface area contributed by atoms with Crippen LogP contribution in [0.15, 0.2) is 243 Å². The highest BCUT2D eigenvalue weighted by Gasteiger charge is 2.19. The Kier molecular flexibility index (Phi) is 9.27. The van der Waals surface area contributed by atoms with Crippen LogP contribution in [0, 0.1) is 0 Å². The van der Waals surface area contributed by atoms with Gasteiger partial charge in [0.1, 0.15) is 0 Å². The minimum Gasteiger partial charge on any atom is -0.311 e. The quantitative estimate of drug-likeness (QED) is 0.136. The minimum atomic E-state index is 1.09. The molecule has 0 aliphatic carbocycles. The lowest BCUT2D eigenvalue weighted by Gasteiger charge is -2.28. The van der Waals surface area contributed by atoms with Gasteiger partial charge in [0, 0.05) is 34.1 Å². The molecule has 2 nitrogen and oxygen atoms in total. The maximum absolute atomic E-state index is 2.33. The lowest BCUT2D eigenvalue weighted by Crippen LogP contribution is -2.12. The van der Waals surface area contributed by atoms with Gasteiger partial charge in [-0.1, -0.05) is 170 Å². The Morgan fingerprint density at radius 1 is 0.172 bits per heavy atom. The Morgan fingerprint density at radius 2 is 0.397 bits per heavy atom. The first kappa shape index (κ1) is 34.8. The van der Waals surface area contributed by atoms with E-state index >= 15 is 0 Å². The van der Waals surface area contributed by atoms with E-state index in [1.54, 1.807) is 0 Å². The predicted octanol–water partition coefficient (Wildman–Crippen LogP) is 15.9. The maximum atomic E-state index is 2.33. The van der Waals surface area contributed by atoms with Crippen LogP contribution in [0.4, 0.5) is 34.1 Å². The first-order valence-corrected chi connectivity index (χ1v) is 19.9.